The highest BCUT2D eigenvalue weighted by Gasteiger charge is 2.29. The molecule has 1 aliphatic heterocycles. The largest absolute Gasteiger partial charge is 0.497 e. The molecule has 10 heteroatoms. The molecule has 0 aliphatic carbocycles. The number of thioether (sulfide) groups is 1. The summed E-state index contributed by atoms with van der Waals surface area (Å²) in [7, 11) is -1.43. The van der Waals surface area contributed by atoms with E-state index in [1.807, 2.05) is 60.0 Å². The molecule has 1 atom stereocenters. The van der Waals surface area contributed by atoms with Gasteiger partial charge in [0.25, 0.3) is 0 Å². The molecule has 2 aromatic carbocycles. The predicted octanol–water partition coefficient (Wildman–Crippen LogP) is 2.65. The third kappa shape index (κ3) is 5.13. The van der Waals surface area contributed by atoms with Crippen molar-refractivity contribution in [3.63, 3.8) is 0 Å². The smallest absolute Gasteiger partial charge is 0.230 e. The molecule has 1 fully saturated rings. The number of nitrogens with one attached hydrogen (secondary N) is 1. The summed E-state index contributed by atoms with van der Waals surface area (Å²) in [6, 6.07) is 15.2. The van der Waals surface area contributed by atoms with E-state index in [1.165, 1.54) is 11.8 Å². The molecule has 2 heterocycles. The number of aryl methyl sites for hydroxylation is 1. The lowest BCUT2D eigenvalue weighted by Gasteiger charge is -2.12. The third-order valence-electron chi connectivity index (χ3n) is 5.20. The molecule has 1 aromatic heterocycles. The normalized spacial score (nSPS) is 17.2. The highest BCUT2D eigenvalue weighted by Crippen LogP contribution is 2.29. The number of carbonyl (C=O) groups excluding carboxylic acids is 1. The average molecular weight is 473 g/mol. The van der Waals surface area contributed by atoms with Crippen LogP contribution >= 0.6 is 11.8 Å². The van der Waals surface area contributed by atoms with Crippen molar-refractivity contribution in [2.75, 3.05) is 24.4 Å². The van der Waals surface area contributed by atoms with Gasteiger partial charge in [-0.25, -0.2) is 8.42 Å². The minimum absolute atomic E-state index is 0.00454. The van der Waals surface area contributed by atoms with Gasteiger partial charge in [-0.2, -0.15) is 0 Å². The van der Waals surface area contributed by atoms with Crippen LogP contribution in [0.4, 0.5) is 0 Å². The minimum atomic E-state index is -3.04. The van der Waals surface area contributed by atoms with Crippen LogP contribution in [0.2, 0.25) is 0 Å². The molecule has 1 N–H and O–H groups in total. The summed E-state index contributed by atoms with van der Waals surface area (Å²) in [6.45, 7) is 2.02. The van der Waals surface area contributed by atoms with E-state index in [0.29, 0.717) is 17.4 Å². The minimum Gasteiger partial charge on any atom is -0.497 e. The average Bonchev–Trinajstić information content (AvgIpc) is 3.35. The number of hydrogen-bond donors (Lipinski definition) is 1. The molecular formula is C22H24N4O4S2. The quantitative estimate of drug-likeness (QED) is 0.527. The van der Waals surface area contributed by atoms with Crippen LogP contribution in [-0.4, -0.2) is 59.5 Å². The zero-order valence-corrected chi connectivity index (χ0v) is 19.4. The molecular weight excluding hydrogens is 448 g/mol. The Morgan fingerprint density at radius 1 is 1.16 bits per heavy atom. The predicted molar refractivity (Wildman–Crippen MR) is 124 cm³/mol. The summed E-state index contributed by atoms with van der Waals surface area (Å²) in [5.74, 6) is 1.42. The van der Waals surface area contributed by atoms with Crippen LogP contribution < -0.4 is 10.1 Å². The van der Waals surface area contributed by atoms with E-state index < -0.39 is 9.84 Å². The zero-order chi connectivity index (χ0) is 22.7. The van der Waals surface area contributed by atoms with Gasteiger partial charge in [0.2, 0.25) is 5.91 Å². The van der Waals surface area contributed by atoms with Gasteiger partial charge in [0.15, 0.2) is 20.8 Å². The molecule has 0 spiro atoms. The van der Waals surface area contributed by atoms with Crippen molar-refractivity contribution in [2.45, 2.75) is 24.5 Å². The molecule has 4 rings (SSSR count). The maximum absolute atomic E-state index is 12.4. The van der Waals surface area contributed by atoms with E-state index in [2.05, 4.69) is 15.5 Å². The molecule has 3 aromatic rings. The summed E-state index contributed by atoms with van der Waals surface area (Å²) in [6.07, 6.45) is 0.458. The second kappa shape index (κ2) is 9.33. The number of rotatable bonds is 7. The lowest BCUT2D eigenvalue weighted by Crippen LogP contribution is -2.36. The fourth-order valence-electron chi connectivity index (χ4n) is 3.53. The standard InChI is InChI=1S/C22H24N4O4S2/c1-15-3-7-18(8-4-15)26-21(16-5-9-19(30-2)10-6-16)24-25-22(26)31-13-20(27)23-17-11-12-32(28,29)14-17/h3-10,17H,11-14H2,1-2H3,(H,23,27)/t17-/m1/s1. The van der Waals surface area contributed by atoms with Gasteiger partial charge in [-0.05, 0) is 49.7 Å². The number of amides is 1. The van der Waals surface area contributed by atoms with Crippen molar-refractivity contribution < 1.29 is 17.9 Å². The molecule has 0 saturated carbocycles. The summed E-state index contributed by atoms with van der Waals surface area (Å²) in [5, 5.41) is 12.1. The van der Waals surface area contributed by atoms with Crippen molar-refractivity contribution >= 4 is 27.5 Å². The number of sulfone groups is 1. The second-order valence-electron chi connectivity index (χ2n) is 7.66. The number of carbonyl (C=O) groups is 1. The lowest BCUT2D eigenvalue weighted by molar-refractivity contribution is -0.119. The van der Waals surface area contributed by atoms with Crippen molar-refractivity contribution in [3.8, 4) is 22.8 Å². The summed E-state index contributed by atoms with van der Waals surface area (Å²) < 4.78 is 30.4. The van der Waals surface area contributed by atoms with E-state index in [1.54, 1.807) is 7.11 Å². The SMILES string of the molecule is COc1ccc(-c2nnc(SCC(=O)N[C@@H]3CCS(=O)(=O)C3)n2-c2ccc(C)cc2)cc1. The summed E-state index contributed by atoms with van der Waals surface area (Å²) in [4.78, 5) is 12.4. The number of methoxy groups -OCH3 is 1. The van der Waals surface area contributed by atoms with Gasteiger partial charge in [-0.15, -0.1) is 10.2 Å². The highest BCUT2D eigenvalue weighted by atomic mass is 32.2. The van der Waals surface area contributed by atoms with Crippen molar-refractivity contribution in [2.24, 2.45) is 0 Å². The maximum Gasteiger partial charge on any atom is 0.230 e. The Morgan fingerprint density at radius 3 is 2.50 bits per heavy atom. The summed E-state index contributed by atoms with van der Waals surface area (Å²) in [5.41, 5.74) is 2.88. The van der Waals surface area contributed by atoms with Crippen LogP contribution in [0.25, 0.3) is 17.1 Å². The molecule has 0 bridgehead atoms. The number of nitrogens with zero attached hydrogens (tertiary/aromatic N) is 3. The van der Waals surface area contributed by atoms with Gasteiger partial charge in [-0.3, -0.25) is 9.36 Å². The first kappa shape index (κ1) is 22.3. The van der Waals surface area contributed by atoms with Gasteiger partial charge in [-0.1, -0.05) is 29.5 Å². The highest BCUT2D eigenvalue weighted by molar-refractivity contribution is 7.99. The number of aromatic nitrogens is 3. The first-order chi connectivity index (χ1) is 15.3. The molecule has 1 aliphatic rings. The Bertz CT molecular complexity index is 1210. The fourth-order valence-corrected chi connectivity index (χ4v) is 5.96. The fraction of sp³-hybridized carbons (Fsp3) is 0.318. The Labute approximate surface area is 191 Å². The van der Waals surface area contributed by atoms with E-state index in [9.17, 15) is 13.2 Å². The third-order valence-corrected chi connectivity index (χ3v) is 7.90. The Kier molecular flexibility index (Phi) is 6.52. The van der Waals surface area contributed by atoms with Crippen LogP contribution in [0.3, 0.4) is 0 Å². The van der Waals surface area contributed by atoms with E-state index in [4.69, 9.17) is 4.74 Å². The van der Waals surface area contributed by atoms with Gasteiger partial charge < -0.3 is 10.1 Å². The zero-order valence-electron chi connectivity index (χ0n) is 17.8. The number of ether oxygens (including phenoxy) is 1. The van der Waals surface area contributed by atoms with Gasteiger partial charge in [0.1, 0.15) is 5.75 Å². The van der Waals surface area contributed by atoms with Gasteiger partial charge >= 0.3 is 0 Å². The van der Waals surface area contributed by atoms with Gasteiger partial charge in [0, 0.05) is 17.3 Å². The molecule has 168 valence electrons. The van der Waals surface area contributed by atoms with Crippen LogP contribution in [-0.2, 0) is 14.6 Å². The van der Waals surface area contributed by atoms with Crippen molar-refractivity contribution in [1.82, 2.24) is 20.1 Å². The first-order valence-corrected chi connectivity index (χ1v) is 12.9. The van der Waals surface area contributed by atoms with Crippen LogP contribution in [0.15, 0.2) is 53.7 Å². The van der Waals surface area contributed by atoms with E-state index >= 15 is 0 Å². The van der Waals surface area contributed by atoms with Gasteiger partial charge in [0.05, 0.1) is 24.4 Å². The van der Waals surface area contributed by atoms with Crippen molar-refractivity contribution in [1.29, 1.82) is 0 Å². The molecule has 1 amide bonds. The summed E-state index contributed by atoms with van der Waals surface area (Å²) >= 11 is 1.26. The van der Waals surface area contributed by atoms with Crippen LogP contribution in [0.1, 0.15) is 12.0 Å². The molecule has 0 unspecified atom stereocenters. The van der Waals surface area contributed by atoms with E-state index in [-0.39, 0.29) is 29.2 Å². The maximum atomic E-state index is 12.4. The monoisotopic (exact) mass is 472 g/mol. The Hall–Kier alpha value is -2.85. The molecule has 32 heavy (non-hydrogen) atoms. The number of hydrogen-bond acceptors (Lipinski definition) is 7. The topological polar surface area (TPSA) is 103 Å². The lowest BCUT2D eigenvalue weighted by atomic mass is 10.2. The van der Waals surface area contributed by atoms with Crippen molar-refractivity contribution in [3.05, 3.63) is 54.1 Å². The molecule has 0 radical (unpaired) electrons. The Balaban J connectivity index is 1.56. The van der Waals surface area contributed by atoms with Crippen LogP contribution in [0.5, 0.6) is 5.75 Å². The molecule has 1 saturated heterocycles. The molecule has 8 nitrogen and oxygen atoms in total. The second-order valence-corrected chi connectivity index (χ2v) is 10.8. The Morgan fingerprint density at radius 2 is 1.88 bits per heavy atom. The van der Waals surface area contributed by atoms with E-state index in [0.717, 1.165) is 22.6 Å². The number of benzene rings is 2. The van der Waals surface area contributed by atoms with Crippen LogP contribution in [0, 0.1) is 6.92 Å². The first-order valence-electron chi connectivity index (χ1n) is 10.1.